The van der Waals surface area contributed by atoms with E-state index in [-0.39, 0.29) is 0 Å². The van der Waals surface area contributed by atoms with Crippen LogP contribution in [0, 0.1) is 5.92 Å². The van der Waals surface area contributed by atoms with E-state index in [2.05, 4.69) is 24.1 Å². The van der Waals surface area contributed by atoms with Gasteiger partial charge >= 0.3 is 0 Å². The van der Waals surface area contributed by atoms with Gasteiger partial charge in [0.25, 0.3) is 0 Å². The summed E-state index contributed by atoms with van der Waals surface area (Å²) < 4.78 is 5.72. The lowest BCUT2D eigenvalue weighted by Crippen LogP contribution is -2.50. The van der Waals surface area contributed by atoms with Crippen molar-refractivity contribution in [3.8, 4) is 0 Å². The molecule has 0 aromatic rings. The molecule has 4 atom stereocenters. The van der Waals surface area contributed by atoms with Crippen molar-refractivity contribution in [2.45, 2.75) is 70.2 Å². The lowest BCUT2D eigenvalue weighted by Gasteiger charge is -2.40. The molecule has 3 aliphatic rings. The molecule has 3 fully saturated rings. The molecule has 0 radical (unpaired) electrons. The van der Waals surface area contributed by atoms with Gasteiger partial charge in [0.15, 0.2) is 0 Å². The fourth-order valence-electron chi connectivity index (χ4n) is 4.31. The number of rotatable bonds is 4. The molecule has 3 nitrogen and oxygen atoms in total. The summed E-state index contributed by atoms with van der Waals surface area (Å²) in [6.07, 6.45) is 7.34. The molecule has 2 bridgehead atoms. The lowest BCUT2D eigenvalue weighted by atomic mass is 9.94. The van der Waals surface area contributed by atoms with Crippen molar-refractivity contribution < 1.29 is 4.74 Å². The van der Waals surface area contributed by atoms with Crippen LogP contribution in [0.15, 0.2) is 0 Å². The second-order valence-electron chi connectivity index (χ2n) is 6.43. The van der Waals surface area contributed by atoms with Crippen molar-refractivity contribution in [2.24, 2.45) is 5.92 Å². The molecule has 3 aliphatic heterocycles. The average molecular weight is 252 g/mol. The highest BCUT2D eigenvalue weighted by Crippen LogP contribution is 2.37. The van der Waals surface area contributed by atoms with Crippen LogP contribution in [-0.2, 0) is 4.74 Å². The van der Waals surface area contributed by atoms with Crippen LogP contribution < -0.4 is 5.32 Å². The third-order valence-electron chi connectivity index (χ3n) is 5.36. The predicted molar refractivity (Wildman–Crippen MR) is 73.7 cm³/mol. The molecule has 18 heavy (non-hydrogen) atoms. The summed E-state index contributed by atoms with van der Waals surface area (Å²) in [5, 5.41) is 3.66. The van der Waals surface area contributed by atoms with Crippen LogP contribution in [0.5, 0.6) is 0 Å². The van der Waals surface area contributed by atoms with E-state index in [0.29, 0.717) is 6.10 Å². The number of hydrogen-bond donors (Lipinski definition) is 1. The molecule has 1 N–H and O–H groups in total. The van der Waals surface area contributed by atoms with Crippen molar-refractivity contribution in [1.82, 2.24) is 10.2 Å². The molecule has 0 saturated carbocycles. The Hall–Kier alpha value is -0.120. The number of nitrogens with one attached hydrogen (secondary N) is 1. The molecule has 3 saturated heterocycles. The van der Waals surface area contributed by atoms with Crippen LogP contribution in [0.2, 0.25) is 0 Å². The van der Waals surface area contributed by atoms with Gasteiger partial charge in [0.05, 0.1) is 6.10 Å². The quantitative estimate of drug-likeness (QED) is 0.828. The molecule has 3 heterocycles. The van der Waals surface area contributed by atoms with Gasteiger partial charge in [-0.1, -0.05) is 6.92 Å². The Bertz CT molecular complexity index is 270. The molecule has 0 spiro atoms. The van der Waals surface area contributed by atoms with E-state index in [1.807, 2.05) is 0 Å². The average Bonchev–Trinajstić information content (AvgIpc) is 2.84. The van der Waals surface area contributed by atoms with E-state index in [0.717, 1.165) is 37.2 Å². The zero-order valence-corrected chi connectivity index (χ0v) is 11.9. The second kappa shape index (κ2) is 5.48. The number of nitrogens with zero attached hydrogens (tertiary/aromatic N) is 1. The van der Waals surface area contributed by atoms with Crippen molar-refractivity contribution >= 4 is 0 Å². The first-order valence-electron chi connectivity index (χ1n) is 7.88. The van der Waals surface area contributed by atoms with Crippen LogP contribution in [0.1, 0.15) is 46.0 Å². The first kappa shape index (κ1) is 12.9. The lowest BCUT2D eigenvalue weighted by molar-refractivity contribution is 0.0621. The Balaban J connectivity index is 1.58. The Morgan fingerprint density at radius 3 is 2.44 bits per heavy atom. The fraction of sp³-hybridized carbons (Fsp3) is 1.00. The highest BCUT2D eigenvalue weighted by molar-refractivity contribution is 4.98. The highest BCUT2D eigenvalue weighted by atomic mass is 16.5. The Morgan fingerprint density at radius 2 is 1.89 bits per heavy atom. The fourth-order valence-corrected chi connectivity index (χ4v) is 4.31. The normalized spacial score (nSPS) is 44.7. The predicted octanol–water partition coefficient (Wildman–Crippen LogP) is 2.02. The van der Waals surface area contributed by atoms with Crippen molar-refractivity contribution in [2.75, 3.05) is 19.7 Å². The van der Waals surface area contributed by atoms with Crippen LogP contribution in [0.25, 0.3) is 0 Å². The van der Waals surface area contributed by atoms with Gasteiger partial charge in [-0.2, -0.15) is 0 Å². The van der Waals surface area contributed by atoms with Gasteiger partial charge in [-0.15, -0.1) is 0 Å². The highest BCUT2D eigenvalue weighted by Gasteiger charge is 2.42. The van der Waals surface area contributed by atoms with Gasteiger partial charge in [-0.05, 0) is 51.5 Å². The number of fused-ring (bicyclic) bond motifs is 2. The van der Waals surface area contributed by atoms with Crippen LogP contribution >= 0.6 is 0 Å². The van der Waals surface area contributed by atoms with E-state index in [1.54, 1.807) is 0 Å². The third-order valence-corrected chi connectivity index (χ3v) is 5.36. The minimum Gasteiger partial charge on any atom is -0.378 e. The van der Waals surface area contributed by atoms with Crippen molar-refractivity contribution in [3.63, 3.8) is 0 Å². The molecule has 104 valence electrons. The summed E-state index contributed by atoms with van der Waals surface area (Å²) in [7, 11) is 0. The second-order valence-corrected chi connectivity index (χ2v) is 6.43. The molecule has 3 rings (SSSR count). The minimum atomic E-state index is 0.482. The zero-order valence-electron chi connectivity index (χ0n) is 11.9. The summed E-state index contributed by atoms with van der Waals surface area (Å²) in [4.78, 5) is 2.82. The summed E-state index contributed by atoms with van der Waals surface area (Å²) in [6.45, 7) is 7.87. The Morgan fingerprint density at radius 1 is 1.17 bits per heavy atom. The van der Waals surface area contributed by atoms with E-state index in [4.69, 9.17) is 4.74 Å². The van der Waals surface area contributed by atoms with Gasteiger partial charge in [0, 0.05) is 31.3 Å². The van der Waals surface area contributed by atoms with Crippen LogP contribution in [-0.4, -0.2) is 48.8 Å². The van der Waals surface area contributed by atoms with E-state index < -0.39 is 0 Å². The van der Waals surface area contributed by atoms with Gasteiger partial charge < -0.3 is 10.1 Å². The molecular weight excluding hydrogens is 224 g/mol. The Labute approximate surface area is 111 Å². The van der Waals surface area contributed by atoms with E-state index in [1.165, 1.54) is 38.6 Å². The van der Waals surface area contributed by atoms with E-state index >= 15 is 0 Å². The smallest absolute Gasteiger partial charge is 0.0588 e. The maximum Gasteiger partial charge on any atom is 0.0588 e. The van der Waals surface area contributed by atoms with Crippen LogP contribution in [0.3, 0.4) is 0 Å². The van der Waals surface area contributed by atoms with Crippen LogP contribution in [0.4, 0.5) is 0 Å². The van der Waals surface area contributed by atoms with Gasteiger partial charge in [0.2, 0.25) is 0 Å². The van der Waals surface area contributed by atoms with Crippen molar-refractivity contribution in [3.05, 3.63) is 0 Å². The maximum absolute atomic E-state index is 5.72. The monoisotopic (exact) mass is 252 g/mol. The van der Waals surface area contributed by atoms with Gasteiger partial charge in [-0.25, -0.2) is 0 Å². The number of piperidine rings is 1. The largest absolute Gasteiger partial charge is 0.378 e. The zero-order chi connectivity index (χ0) is 12.5. The SMILES string of the molecule is CCNC1CC2CCC(C1)N2CC1CCOC1C. The Kier molecular flexibility index (Phi) is 3.92. The number of ether oxygens (including phenoxy) is 1. The van der Waals surface area contributed by atoms with Crippen molar-refractivity contribution in [1.29, 1.82) is 0 Å². The molecular formula is C15H28N2O. The summed E-state index contributed by atoms with van der Waals surface area (Å²) in [5.74, 6) is 0.781. The summed E-state index contributed by atoms with van der Waals surface area (Å²) >= 11 is 0. The van der Waals surface area contributed by atoms with Gasteiger partial charge in [0.1, 0.15) is 0 Å². The summed E-state index contributed by atoms with van der Waals surface area (Å²) in [5.41, 5.74) is 0. The van der Waals surface area contributed by atoms with Gasteiger partial charge in [-0.3, -0.25) is 4.90 Å². The standard InChI is InChI=1S/C15H28N2O/c1-3-16-13-8-14-4-5-15(9-13)17(14)10-12-6-7-18-11(12)2/h11-16H,3-10H2,1-2H3. The summed E-state index contributed by atoms with van der Waals surface area (Å²) in [6, 6.07) is 2.47. The maximum atomic E-state index is 5.72. The first-order chi connectivity index (χ1) is 8.78. The molecule has 3 heteroatoms. The van der Waals surface area contributed by atoms with E-state index in [9.17, 15) is 0 Å². The minimum absolute atomic E-state index is 0.482. The molecule has 0 aromatic carbocycles. The molecule has 4 unspecified atom stereocenters. The third kappa shape index (κ3) is 2.45. The number of hydrogen-bond acceptors (Lipinski definition) is 3. The molecule has 0 aliphatic carbocycles. The molecule has 0 aromatic heterocycles. The topological polar surface area (TPSA) is 24.5 Å². The first-order valence-corrected chi connectivity index (χ1v) is 7.88. The molecule has 0 amide bonds.